The molecule has 336 valence electrons. The normalized spacial score (nSPS) is 15.0. The predicted molar refractivity (Wildman–Crippen MR) is 294 cm³/mol. The maximum absolute atomic E-state index is 2.65. The summed E-state index contributed by atoms with van der Waals surface area (Å²) in [6.45, 7) is 32.7. The molecule has 3 aliphatic rings. The highest BCUT2D eigenvalue weighted by Crippen LogP contribution is 2.54. The fraction of sp³-hybridized carbons (Fsp3) is 0.302. The summed E-state index contributed by atoms with van der Waals surface area (Å²) in [5.41, 5.74) is 23.5. The fourth-order valence-electron chi connectivity index (χ4n) is 11.2. The number of thiophene rings is 1. The first-order valence-corrected chi connectivity index (χ1v) is 25.3. The molecule has 0 bridgehead atoms. The third kappa shape index (κ3) is 6.87. The Morgan fingerprint density at radius 1 is 0.448 bits per heavy atom. The van der Waals surface area contributed by atoms with Gasteiger partial charge < -0.3 is 9.80 Å². The standard InChI is InChI=1S/C63H65BN2S/c1-59(2,3)40-21-19-38(20-22-40)39-33-53-56-54(34-39)66(45-30-25-42(26-31-45)61(7,8)9)57-48-36-47-46-17-15-16-18-49(46)63(13,14)50(47)37-55(48)67-58(57)64(56)51-35-43(62(10,11)12)27-32-52(51)65(53)44-28-23-41(24-29-44)60(4,5)6/h15-37H,1-14H3. The molecule has 0 atom stereocenters. The van der Waals surface area contributed by atoms with Crippen LogP contribution < -0.4 is 25.5 Å². The molecule has 2 aliphatic heterocycles. The molecule has 67 heavy (non-hydrogen) atoms. The summed E-state index contributed by atoms with van der Waals surface area (Å²) in [5.74, 6) is 0. The van der Waals surface area contributed by atoms with Crippen LogP contribution in [0.5, 0.6) is 0 Å². The second kappa shape index (κ2) is 14.6. The summed E-state index contributed by atoms with van der Waals surface area (Å²) in [7, 11) is 0. The third-order valence-electron chi connectivity index (χ3n) is 15.3. The maximum atomic E-state index is 2.65. The van der Waals surface area contributed by atoms with E-state index in [1.165, 1.54) is 116 Å². The molecule has 11 rings (SSSR count). The zero-order chi connectivity index (χ0) is 47.3. The number of rotatable bonds is 3. The van der Waals surface area contributed by atoms with E-state index >= 15 is 0 Å². The van der Waals surface area contributed by atoms with E-state index in [2.05, 4.69) is 246 Å². The smallest absolute Gasteiger partial charge is 0.264 e. The summed E-state index contributed by atoms with van der Waals surface area (Å²) in [6.07, 6.45) is 0. The third-order valence-corrected chi connectivity index (χ3v) is 16.5. The zero-order valence-electron chi connectivity index (χ0n) is 42.2. The van der Waals surface area contributed by atoms with Crippen molar-refractivity contribution in [1.29, 1.82) is 0 Å². The second-order valence-electron chi connectivity index (χ2n) is 24.4. The molecule has 0 saturated heterocycles. The van der Waals surface area contributed by atoms with Crippen molar-refractivity contribution >= 4 is 78.0 Å². The second-order valence-corrected chi connectivity index (χ2v) is 25.4. The van der Waals surface area contributed by atoms with Gasteiger partial charge in [0.1, 0.15) is 0 Å². The van der Waals surface area contributed by atoms with Crippen LogP contribution in [-0.4, -0.2) is 6.71 Å². The molecule has 3 heterocycles. The first-order chi connectivity index (χ1) is 31.5. The Morgan fingerprint density at radius 3 is 1.52 bits per heavy atom. The minimum atomic E-state index is -0.0945. The lowest BCUT2D eigenvalue weighted by molar-refractivity contribution is 0.590. The summed E-state index contributed by atoms with van der Waals surface area (Å²) >= 11 is 2.01. The molecule has 0 radical (unpaired) electrons. The van der Waals surface area contributed by atoms with E-state index in [0.717, 1.165) is 0 Å². The van der Waals surface area contributed by atoms with Gasteiger partial charge in [-0.25, -0.2) is 0 Å². The lowest BCUT2D eigenvalue weighted by Crippen LogP contribution is -2.60. The van der Waals surface area contributed by atoms with Crippen LogP contribution in [0, 0.1) is 0 Å². The Balaban J connectivity index is 1.27. The van der Waals surface area contributed by atoms with Crippen molar-refractivity contribution in [3.63, 3.8) is 0 Å². The summed E-state index contributed by atoms with van der Waals surface area (Å²) < 4.78 is 2.76. The van der Waals surface area contributed by atoms with Gasteiger partial charge in [0, 0.05) is 48.7 Å². The van der Waals surface area contributed by atoms with Crippen LogP contribution in [0.25, 0.3) is 32.3 Å². The minimum absolute atomic E-state index is 0.0253. The van der Waals surface area contributed by atoms with Gasteiger partial charge in [-0.3, -0.25) is 0 Å². The van der Waals surface area contributed by atoms with Crippen LogP contribution in [0.2, 0.25) is 0 Å². The van der Waals surface area contributed by atoms with Crippen molar-refractivity contribution < 1.29 is 0 Å². The SMILES string of the molecule is CC(C)(C)c1ccc(-c2cc3c4c(c2)N(c2ccc(C(C)(C)C)cc2)c2c(sc5cc6c(cc25)-c2ccccc2C6(C)C)B4c2cc(C(C)(C)C)ccc2N3c2ccc(C(C)(C)C)cc2)cc1. The van der Waals surface area contributed by atoms with Crippen LogP contribution in [0.15, 0.2) is 140 Å². The van der Waals surface area contributed by atoms with Crippen LogP contribution >= 0.6 is 11.3 Å². The molecule has 0 N–H and O–H groups in total. The van der Waals surface area contributed by atoms with Crippen molar-refractivity contribution in [3.8, 4) is 22.3 Å². The number of fused-ring (bicyclic) bond motifs is 9. The first kappa shape index (κ1) is 43.7. The maximum Gasteiger partial charge on any atom is 0.264 e. The predicted octanol–water partition coefficient (Wildman–Crippen LogP) is 16.1. The van der Waals surface area contributed by atoms with Gasteiger partial charge in [0.25, 0.3) is 6.71 Å². The van der Waals surface area contributed by atoms with E-state index in [9.17, 15) is 0 Å². The van der Waals surface area contributed by atoms with Crippen LogP contribution in [0.4, 0.5) is 34.1 Å². The minimum Gasteiger partial charge on any atom is -0.311 e. The van der Waals surface area contributed by atoms with Crippen molar-refractivity contribution in [3.05, 3.63) is 173 Å². The Hall–Kier alpha value is -5.84. The van der Waals surface area contributed by atoms with Gasteiger partial charge in [0.15, 0.2) is 0 Å². The van der Waals surface area contributed by atoms with E-state index in [4.69, 9.17) is 0 Å². The Labute approximate surface area is 404 Å². The molecule has 0 unspecified atom stereocenters. The largest absolute Gasteiger partial charge is 0.311 e. The average molecular weight is 893 g/mol. The van der Waals surface area contributed by atoms with Gasteiger partial charge in [-0.15, -0.1) is 11.3 Å². The summed E-state index contributed by atoms with van der Waals surface area (Å²) in [4.78, 5) is 5.24. The van der Waals surface area contributed by atoms with Gasteiger partial charge in [0.2, 0.25) is 0 Å². The highest BCUT2D eigenvalue weighted by Gasteiger charge is 2.47. The van der Waals surface area contributed by atoms with Crippen LogP contribution in [0.1, 0.15) is 130 Å². The molecule has 2 nitrogen and oxygen atoms in total. The number of anilines is 6. The van der Waals surface area contributed by atoms with E-state index in [1.54, 1.807) is 0 Å². The Bertz CT molecular complexity index is 3280. The molecular weight excluding hydrogens is 828 g/mol. The topological polar surface area (TPSA) is 6.48 Å². The number of benzene rings is 7. The average Bonchev–Trinajstić information content (AvgIpc) is 3.75. The van der Waals surface area contributed by atoms with E-state index in [0.29, 0.717) is 0 Å². The van der Waals surface area contributed by atoms with Crippen molar-refractivity contribution in [2.45, 2.75) is 124 Å². The van der Waals surface area contributed by atoms with Gasteiger partial charge in [-0.05, 0) is 143 Å². The highest BCUT2D eigenvalue weighted by atomic mass is 32.1. The Kier molecular flexibility index (Phi) is 9.52. The van der Waals surface area contributed by atoms with Crippen molar-refractivity contribution in [2.24, 2.45) is 0 Å². The molecule has 1 aromatic heterocycles. The lowest BCUT2D eigenvalue weighted by Gasteiger charge is -2.44. The van der Waals surface area contributed by atoms with Gasteiger partial charge in [-0.2, -0.15) is 0 Å². The Morgan fingerprint density at radius 2 is 0.955 bits per heavy atom. The van der Waals surface area contributed by atoms with Gasteiger partial charge >= 0.3 is 0 Å². The molecule has 0 amide bonds. The van der Waals surface area contributed by atoms with Crippen molar-refractivity contribution in [1.82, 2.24) is 0 Å². The van der Waals surface area contributed by atoms with Gasteiger partial charge in [-0.1, -0.05) is 182 Å². The molecule has 0 spiro atoms. The molecule has 7 aromatic carbocycles. The monoisotopic (exact) mass is 892 g/mol. The quantitative estimate of drug-likeness (QED) is 0.163. The molecule has 4 heteroatoms. The number of nitrogens with zero attached hydrogens (tertiary/aromatic N) is 2. The summed E-state index contributed by atoms with van der Waals surface area (Å²) in [6, 6.07) is 54.9. The molecule has 0 saturated carbocycles. The van der Waals surface area contributed by atoms with Crippen molar-refractivity contribution in [2.75, 3.05) is 9.80 Å². The molecule has 1 aliphatic carbocycles. The molecular formula is C63H65BN2S. The summed E-state index contributed by atoms with van der Waals surface area (Å²) in [5, 5.41) is 1.33. The van der Waals surface area contributed by atoms with Crippen LogP contribution in [0.3, 0.4) is 0 Å². The van der Waals surface area contributed by atoms with E-state index < -0.39 is 0 Å². The lowest BCUT2D eigenvalue weighted by atomic mass is 9.36. The number of hydrogen-bond acceptors (Lipinski definition) is 3. The van der Waals surface area contributed by atoms with E-state index in [-0.39, 0.29) is 33.8 Å². The fourth-order valence-corrected chi connectivity index (χ4v) is 12.6. The van der Waals surface area contributed by atoms with Gasteiger partial charge in [0.05, 0.1) is 5.69 Å². The zero-order valence-corrected chi connectivity index (χ0v) is 43.0. The van der Waals surface area contributed by atoms with Crippen LogP contribution in [-0.2, 0) is 27.1 Å². The highest BCUT2D eigenvalue weighted by molar-refractivity contribution is 7.33. The van der Waals surface area contributed by atoms with E-state index in [1.807, 2.05) is 11.3 Å². The number of hydrogen-bond donors (Lipinski definition) is 0. The molecule has 8 aromatic rings. The first-order valence-electron chi connectivity index (χ1n) is 24.5. The molecule has 0 fully saturated rings.